The van der Waals surface area contributed by atoms with Crippen LogP contribution in [0.3, 0.4) is 0 Å². The molecule has 1 amide bonds. The maximum Gasteiger partial charge on any atom is 0.262 e. The fraction of sp³-hybridized carbons (Fsp3) is 0.227. The van der Waals surface area contributed by atoms with Gasteiger partial charge in [0.15, 0.2) is 12.4 Å². The highest BCUT2D eigenvalue weighted by molar-refractivity contribution is 5.91. The van der Waals surface area contributed by atoms with Gasteiger partial charge in [-0.25, -0.2) is 4.98 Å². The first-order valence-electron chi connectivity index (χ1n) is 9.11. The van der Waals surface area contributed by atoms with Gasteiger partial charge in [0.25, 0.3) is 5.91 Å². The summed E-state index contributed by atoms with van der Waals surface area (Å²) in [6.45, 7) is 6.27. The summed E-state index contributed by atoms with van der Waals surface area (Å²) in [4.78, 5) is 21.0. The first-order chi connectivity index (χ1) is 13.5. The van der Waals surface area contributed by atoms with Crippen LogP contribution in [0.2, 0.25) is 0 Å². The Kier molecular flexibility index (Phi) is 6.22. The second-order valence-corrected chi connectivity index (χ2v) is 6.33. The Balaban J connectivity index is 1.62. The molecule has 0 radical (unpaired) electrons. The summed E-state index contributed by atoms with van der Waals surface area (Å²) < 4.78 is 11.0. The number of rotatable bonds is 7. The van der Waals surface area contributed by atoms with Crippen LogP contribution in [0.4, 0.5) is 5.69 Å². The van der Waals surface area contributed by atoms with Crippen LogP contribution in [0.25, 0.3) is 11.4 Å². The molecule has 0 fully saturated rings. The SMILES string of the molecule is CCOc1ccc(NC(=O)COc2cc(C)nc(-c3ccc(C)cc3)n2)cc1. The molecule has 1 heterocycles. The number of ether oxygens (including phenoxy) is 2. The van der Waals surface area contributed by atoms with Crippen molar-refractivity contribution in [3.8, 4) is 23.0 Å². The monoisotopic (exact) mass is 377 g/mol. The van der Waals surface area contributed by atoms with E-state index in [1.54, 1.807) is 18.2 Å². The standard InChI is InChI=1S/C22H23N3O3/c1-4-27-19-11-9-18(10-12-19)24-20(26)14-28-21-13-16(3)23-22(25-21)17-7-5-15(2)6-8-17/h5-13H,4,14H2,1-3H3,(H,24,26). The average Bonchev–Trinajstić information content (AvgIpc) is 2.68. The van der Waals surface area contributed by atoms with Gasteiger partial charge in [0.05, 0.1) is 6.61 Å². The molecular formula is C22H23N3O3. The van der Waals surface area contributed by atoms with E-state index in [1.165, 1.54) is 5.56 Å². The molecule has 144 valence electrons. The summed E-state index contributed by atoms with van der Waals surface area (Å²) >= 11 is 0. The van der Waals surface area contributed by atoms with Gasteiger partial charge >= 0.3 is 0 Å². The number of anilines is 1. The molecule has 0 spiro atoms. The quantitative estimate of drug-likeness (QED) is 0.669. The van der Waals surface area contributed by atoms with Crippen molar-refractivity contribution in [1.82, 2.24) is 9.97 Å². The van der Waals surface area contributed by atoms with E-state index in [0.29, 0.717) is 24.0 Å². The molecule has 0 atom stereocenters. The van der Waals surface area contributed by atoms with Crippen LogP contribution in [-0.2, 0) is 4.79 Å². The van der Waals surface area contributed by atoms with E-state index < -0.39 is 0 Å². The van der Waals surface area contributed by atoms with Crippen LogP contribution < -0.4 is 14.8 Å². The predicted octanol–water partition coefficient (Wildman–Crippen LogP) is 4.18. The number of nitrogens with one attached hydrogen (secondary N) is 1. The molecule has 0 unspecified atom stereocenters. The third-order valence-electron chi connectivity index (χ3n) is 3.94. The summed E-state index contributed by atoms with van der Waals surface area (Å²) in [5.41, 5.74) is 3.51. The van der Waals surface area contributed by atoms with Gasteiger partial charge in [0.2, 0.25) is 5.88 Å². The fourth-order valence-electron chi connectivity index (χ4n) is 2.58. The maximum atomic E-state index is 12.2. The largest absolute Gasteiger partial charge is 0.494 e. The minimum Gasteiger partial charge on any atom is -0.494 e. The molecular weight excluding hydrogens is 354 g/mol. The molecule has 0 aliphatic carbocycles. The first kappa shape index (κ1) is 19.4. The zero-order chi connectivity index (χ0) is 19.9. The number of benzene rings is 2. The Bertz CT molecular complexity index is 938. The summed E-state index contributed by atoms with van der Waals surface area (Å²) in [5, 5.41) is 2.79. The number of hydrogen-bond acceptors (Lipinski definition) is 5. The van der Waals surface area contributed by atoms with Gasteiger partial charge in [0.1, 0.15) is 5.75 Å². The maximum absolute atomic E-state index is 12.2. The van der Waals surface area contributed by atoms with Crippen LogP contribution in [0.15, 0.2) is 54.6 Å². The van der Waals surface area contributed by atoms with Crippen molar-refractivity contribution in [2.45, 2.75) is 20.8 Å². The minimum absolute atomic E-state index is 0.142. The van der Waals surface area contributed by atoms with Crippen molar-refractivity contribution in [3.05, 3.63) is 65.9 Å². The number of aromatic nitrogens is 2. The molecule has 1 aromatic heterocycles. The lowest BCUT2D eigenvalue weighted by Gasteiger charge is -2.10. The number of amides is 1. The number of carbonyl (C=O) groups excluding carboxylic acids is 1. The average molecular weight is 377 g/mol. The lowest BCUT2D eigenvalue weighted by Crippen LogP contribution is -2.20. The second-order valence-electron chi connectivity index (χ2n) is 6.33. The van der Waals surface area contributed by atoms with E-state index in [0.717, 1.165) is 17.0 Å². The Labute approximate surface area is 164 Å². The van der Waals surface area contributed by atoms with E-state index in [2.05, 4.69) is 15.3 Å². The molecule has 6 heteroatoms. The first-order valence-corrected chi connectivity index (χ1v) is 9.11. The zero-order valence-corrected chi connectivity index (χ0v) is 16.2. The van der Waals surface area contributed by atoms with Gasteiger partial charge in [-0.2, -0.15) is 4.98 Å². The van der Waals surface area contributed by atoms with Crippen LogP contribution in [0.1, 0.15) is 18.2 Å². The van der Waals surface area contributed by atoms with Crippen molar-refractivity contribution in [2.75, 3.05) is 18.5 Å². The van der Waals surface area contributed by atoms with Gasteiger partial charge in [-0.3, -0.25) is 4.79 Å². The Morgan fingerprint density at radius 2 is 1.68 bits per heavy atom. The van der Waals surface area contributed by atoms with Gasteiger partial charge < -0.3 is 14.8 Å². The van der Waals surface area contributed by atoms with Crippen LogP contribution in [0.5, 0.6) is 11.6 Å². The van der Waals surface area contributed by atoms with Crippen molar-refractivity contribution in [2.24, 2.45) is 0 Å². The highest BCUT2D eigenvalue weighted by Crippen LogP contribution is 2.20. The van der Waals surface area contributed by atoms with Crippen molar-refractivity contribution in [3.63, 3.8) is 0 Å². The van der Waals surface area contributed by atoms with Crippen LogP contribution in [0, 0.1) is 13.8 Å². The van der Waals surface area contributed by atoms with E-state index in [9.17, 15) is 4.79 Å². The summed E-state index contributed by atoms with van der Waals surface area (Å²) in [5.74, 6) is 1.43. The molecule has 0 bridgehead atoms. The molecule has 0 aliphatic heterocycles. The molecule has 6 nitrogen and oxygen atoms in total. The highest BCUT2D eigenvalue weighted by atomic mass is 16.5. The lowest BCUT2D eigenvalue weighted by molar-refractivity contribution is -0.118. The molecule has 3 aromatic rings. The van der Waals surface area contributed by atoms with Gasteiger partial charge in [-0.15, -0.1) is 0 Å². The highest BCUT2D eigenvalue weighted by Gasteiger charge is 2.09. The summed E-state index contributed by atoms with van der Waals surface area (Å²) in [6.07, 6.45) is 0. The third-order valence-corrected chi connectivity index (χ3v) is 3.94. The van der Waals surface area contributed by atoms with E-state index >= 15 is 0 Å². The molecule has 2 aromatic carbocycles. The zero-order valence-electron chi connectivity index (χ0n) is 16.2. The summed E-state index contributed by atoms with van der Waals surface area (Å²) in [7, 11) is 0. The Hall–Kier alpha value is -3.41. The fourth-order valence-corrected chi connectivity index (χ4v) is 2.58. The van der Waals surface area contributed by atoms with Crippen molar-refractivity contribution < 1.29 is 14.3 Å². The topological polar surface area (TPSA) is 73.3 Å². The Morgan fingerprint density at radius 1 is 0.964 bits per heavy atom. The molecule has 28 heavy (non-hydrogen) atoms. The van der Waals surface area contributed by atoms with Crippen LogP contribution in [-0.4, -0.2) is 29.1 Å². The van der Waals surface area contributed by atoms with Crippen LogP contribution >= 0.6 is 0 Å². The van der Waals surface area contributed by atoms with E-state index in [4.69, 9.17) is 9.47 Å². The van der Waals surface area contributed by atoms with Crippen molar-refractivity contribution in [1.29, 1.82) is 0 Å². The van der Waals surface area contributed by atoms with Crippen molar-refractivity contribution >= 4 is 11.6 Å². The molecule has 0 saturated heterocycles. The molecule has 3 rings (SSSR count). The normalized spacial score (nSPS) is 10.4. The molecule has 1 N–H and O–H groups in total. The predicted molar refractivity (Wildman–Crippen MR) is 109 cm³/mol. The molecule has 0 aliphatic rings. The van der Waals surface area contributed by atoms with Gasteiger partial charge in [0, 0.05) is 23.0 Å². The van der Waals surface area contributed by atoms with E-state index in [-0.39, 0.29) is 12.5 Å². The summed E-state index contributed by atoms with van der Waals surface area (Å²) in [6, 6.07) is 16.8. The number of carbonyl (C=O) groups is 1. The molecule has 0 saturated carbocycles. The second kappa shape index (κ2) is 8.99. The van der Waals surface area contributed by atoms with Gasteiger partial charge in [-0.05, 0) is 45.0 Å². The number of nitrogens with zero attached hydrogens (tertiary/aromatic N) is 2. The lowest BCUT2D eigenvalue weighted by atomic mass is 10.1. The smallest absolute Gasteiger partial charge is 0.262 e. The van der Waals surface area contributed by atoms with E-state index in [1.807, 2.05) is 57.2 Å². The third kappa shape index (κ3) is 5.30. The number of hydrogen-bond donors (Lipinski definition) is 1. The minimum atomic E-state index is -0.266. The Morgan fingerprint density at radius 3 is 2.36 bits per heavy atom. The number of aryl methyl sites for hydroxylation is 2. The van der Waals surface area contributed by atoms with Gasteiger partial charge in [-0.1, -0.05) is 29.8 Å².